The predicted octanol–water partition coefficient (Wildman–Crippen LogP) is 4.59. The summed E-state index contributed by atoms with van der Waals surface area (Å²) in [6, 6.07) is 13.0. The molecule has 27 heavy (non-hydrogen) atoms. The molecule has 1 amide bonds. The summed E-state index contributed by atoms with van der Waals surface area (Å²) in [6.45, 7) is 0.321. The van der Waals surface area contributed by atoms with Crippen LogP contribution in [0, 0.1) is 12.3 Å². The molecule has 5 nitrogen and oxygen atoms in total. The minimum atomic E-state index is -0.468. The van der Waals surface area contributed by atoms with Crippen LogP contribution in [-0.4, -0.2) is 17.6 Å². The van der Waals surface area contributed by atoms with Crippen molar-refractivity contribution in [1.82, 2.24) is 4.57 Å². The second-order valence-electron chi connectivity index (χ2n) is 5.69. The number of hydrogen-bond acceptors (Lipinski definition) is 4. The Labute approximate surface area is 167 Å². The van der Waals surface area contributed by atoms with E-state index in [1.54, 1.807) is 19.2 Å². The summed E-state index contributed by atoms with van der Waals surface area (Å²) in [5, 5.41) is 0.782. The highest BCUT2D eigenvalue weighted by atomic mass is 79.9. The van der Waals surface area contributed by atoms with E-state index in [1.807, 2.05) is 34.9 Å². The Balaban J connectivity index is 1.85. The van der Waals surface area contributed by atoms with E-state index in [4.69, 9.17) is 15.6 Å². The van der Waals surface area contributed by atoms with E-state index in [9.17, 15) is 4.79 Å². The molecule has 0 bridgehead atoms. The van der Waals surface area contributed by atoms with E-state index < -0.39 is 5.91 Å². The van der Waals surface area contributed by atoms with Crippen molar-refractivity contribution < 1.29 is 13.9 Å². The average Bonchev–Trinajstić information content (AvgIpc) is 3.23. The molecular formula is C20H13BrN2O3S. The molecule has 4 rings (SSSR count). The fourth-order valence-electron chi connectivity index (χ4n) is 2.82. The number of fused-ring (bicyclic) bond motifs is 2. The molecule has 0 fully saturated rings. The quantitative estimate of drug-likeness (QED) is 0.437. The van der Waals surface area contributed by atoms with Crippen LogP contribution in [0.5, 0.6) is 5.75 Å². The molecule has 2 aromatic carbocycles. The summed E-state index contributed by atoms with van der Waals surface area (Å²) in [4.78, 5) is 17.5. The van der Waals surface area contributed by atoms with Crippen molar-refractivity contribution in [3.8, 4) is 18.1 Å². The molecule has 4 aromatic rings. The van der Waals surface area contributed by atoms with Crippen molar-refractivity contribution in [2.75, 3.05) is 7.11 Å². The number of terminal acetylenes is 1. The standard InChI is InChI=1S/C20H13BrN2O3S/c1-3-9-23-14-8-7-13(21)11-17(14)27-20(23)22-19(24)16-10-12-5-4-6-15(25-2)18(12)26-16/h1,4-8,10-11H,9H2,2H3. The Kier molecular flexibility index (Phi) is 4.60. The number of para-hydroxylation sites is 1. The van der Waals surface area contributed by atoms with Crippen LogP contribution in [0.1, 0.15) is 10.6 Å². The van der Waals surface area contributed by atoms with Crippen LogP contribution in [0.2, 0.25) is 0 Å². The zero-order valence-electron chi connectivity index (χ0n) is 14.2. The number of thiazole rings is 1. The predicted molar refractivity (Wildman–Crippen MR) is 109 cm³/mol. The van der Waals surface area contributed by atoms with Crippen LogP contribution in [0.3, 0.4) is 0 Å². The molecule has 0 aliphatic carbocycles. The summed E-state index contributed by atoms with van der Waals surface area (Å²) < 4.78 is 14.7. The Morgan fingerprint density at radius 1 is 1.37 bits per heavy atom. The van der Waals surface area contributed by atoms with Gasteiger partial charge in [-0.05, 0) is 30.3 Å². The van der Waals surface area contributed by atoms with Crippen LogP contribution in [0.25, 0.3) is 21.2 Å². The van der Waals surface area contributed by atoms with Crippen LogP contribution >= 0.6 is 27.3 Å². The number of ether oxygens (including phenoxy) is 1. The van der Waals surface area contributed by atoms with E-state index in [0.29, 0.717) is 22.7 Å². The number of furan rings is 1. The van der Waals surface area contributed by atoms with Gasteiger partial charge in [0.15, 0.2) is 21.9 Å². The third-order valence-electron chi connectivity index (χ3n) is 4.03. The van der Waals surface area contributed by atoms with E-state index in [1.165, 1.54) is 11.3 Å². The minimum absolute atomic E-state index is 0.153. The van der Waals surface area contributed by atoms with E-state index in [-0.39, 0.29) is 5.76 Å². The normalized spacial score (nSPS) is 11.8. The van der Waals surface area contributed by atoms with Gasteiger partial charge in [0, 0.05) is 9.86 Å². The summed E-state index contributed by atoms with van der Waals surface area (Å²) in [6.07, 6.45) is 5.50. The molecule has 0 unspecified atom stereocenters. The molecule has 7 heteroatoms. The SMILES string of the molecule is C#CCn1c(=NC(=O)c2cc3cccc(OC)c3o2)sc2cc(Br)ccc21. The molecule has 0 saturated carbocycles. The third kappa shape index (κ3) is 3.18. The summed E-state index contributed by atoms with van der Waals surface area (Å²) in [7, 11) is 1.56. The summed E-state index contributed by atoms with van der Waals surface area (Å²) in [5.74, 6) is 2.87. The highest BCUT2D eigenvalue weighted by Crippen LogP contribution is 2.29. The number of benzene rings is 2. The smallest absolute Gasteiger partial charge is 0.315 e. The molecule has 0 radical (unpaired) electrons. The Morgan fingerprint density at radius 2 is 2.22 bits per heavy atom. The molecule has 134 valence electrons. The maximum absolute atomic E-state index is 12.7. The molecule has 0 aliphatic rings. The summed E-state index contributed by atoms with van der Waals surface area (Å²) >= 11 is 4.86. The molecular weight excluding hydrogens is 428 g/mol. The lowest BCUT2D eigenvalue weighted by molar-refractivity contribution is 0.0973. The van der Waals surface area contributed by atoms with Crippen LogP contribution in [-0.2, 0) is 6.54 Å². The lowest BCUT2D eigenvalue weighted by atomic mass is 10.2. The van der Waals surface area contributed by atoms with Gasteiger partial charge in [-0.15, -0.1) is 6.42 Å². The number of carbonyl (C=O) groups excluding carboxylic acids is 1. The maximum atomic E-state index is 12.7. The molecule has 0 aliphatic heterocycles. The van der Waals surface area contributed by atoms with E-state index >= 15 is 0 Å². The Morgan fingerprint density at radius 3 is 3.00 bits per heavy atom. The van der Waals surface area contributed by atoms with Gasteiger partial charge in [-0.2, -0.15) is 4.99 Å². The van der Waals surface area contributed by atoms with Gasteiger partial charge in [-0.1, -0.05) is 45.3 Å². The van der Waals surface area contributed by atoms with Gasteiger partial charge in [0.05, 0.1) is 23.9 Å². The van der Waals surface area contributed by atoms with Gasteiger partial charge >= 0.3 is 5.91 Å². The van der Waals surface area contributed by atoms with Crippen molar-refractivity contribution in [2.24, 2.45) is 4.99 Å². The van der Waals surface area contributed by atoms with Gasteiger partial charge in [0.25, 0.3) is 0 Å². The number of carbonyl (C=O) groups is 1. The van der Waals surface area contributed by atoms with Crippen molar-refractivity contribution in [2.45, 2.75) is 6.54 Å². The first-order chi connectivity index (χ1) is 13.1. The topological polar surface area (TPSA) is 56.7 Å². The van der Waals surface area contributed by atoms with Crippen molar-refractivity contribution in [1.29, 1.82) is 0 Å². The van der Waals surface area contributed by atoms with Gasteiger partial charge in [-0.25, -0.2) is 0 Å². The van der Waals surface area contributed by atoms with Gasteiger partial charge in [0.1, 0.15) is 0 Å². The van der Waals surface area contributed by atoms with Crippen molar-refractivity contribution in [3.05, 3.63) is 57.5 Å². The molecule has 2 aromatic heterocycles. The van der Waals surface area contributed by atoms with Crippen LogP contribution in [0.15, 0.2) is 56.3 Å². The fraction of sp³-hybridized carbons (Fsp3) is 0.100. The minimum Gasteiger partial charge on any atom is -0.493 e. The zero-order chi connectivity index (χ0) is 19.0. The monoisotopic (exact) mass is 440 g/mol. The number of rotatable bonds is 3. The molecule has 2 heterocycles. The lowest BCUT2D eigenvalue weighted by Crippen LogP contribution is -2.16. The number of halogens is 1. The van der Waals surface area contributed by atoms with Gasteiger partial charge in [-0.3, -0.25) is 4.79 Å². The molecule has 0 spiro atoms. The first-order valence-corrected chi connectivity index (χ1v) is 9.59. The molecule has 0 saturated heterocycles. The van der Waals surface area contributed by atoms with Gasteiger partial charge in [0.2, 0.25) is 0 Å². The van der Waals surface area contributed by atoms with E-state index in [0.717, 1.165) is 20.1 Å². The lowest BCUT2D eigenvalue weighted by Gasteiger charge is -1.99. The second-order valence-corrected chi connectivity index (χ2v) is 7.62. The third-order valence-corrected chi connectivity index (χ3v) is 5.56. The Bertz CT molecular complexity index is 1290. The van der Waals surface area contributed by atoms with Gasteiger partial charge < -0.3 is 13.7 Å². The van der Waals surface area contributed by atoms with Crippen molar-refractivity contribution in [3.63, 3.8) is 0 Å². The number of aromatic nitrogens is 1. The number of methoxy groups -OCH3 is 1. The van der Waals surface area contributed by atoms with Crippen LogP contribution in [0.4, 0.5) is 0 Å². The van der Waals surface area contributed by atoms with E-state index in [2.05, 4.69) is 26.8 Å². The second kappa shape index (κ2) is 7.06. The van der Waals surface area contributed by atoms with Crippen LogP contribution < -0.4 is 9.54 Å². The number of nitrogens with zero attached hydrogens (tertiary/aromatic N) is 2. The first-order valence-electron chi connectivity index (χ1n) is 7.98. The zero-order valence-corrected chi connectivity index (χ0v) is 16.6. The summed E-state index contributed by atoms with van der Waals surface area (Å²) in [5.41, 5.74) is 1.45. The Hall–Kier alpha value is -2.82. The number of hydrogen-bond donors (Lipinski definition) is 0. The highest BCUT2D eigenvalue weighted by Gasteiger charge is 2.15. The average molecular weight is 441 g/mol. The van der Waals surface area contributed by atoms with Crippen molar-refractivity contribution >= 4 is 54.4 Å². The molecule has 0 N–H and O–H groups in total. The fourth-order valence-corrected chi connectivity index (χ4v) is 4.40. The highest BCUT2D eigenvalue weighted by molar-refractivity contribution is 9.10. The largest absolute Gasteiger partial charge is 0.493 e. The molecule has 0 atom stereocenters. The first kappa shape index (κ1) is 17.6. The maximum Gasteiger partial charge on any atom is 0.315 e. The number of amides is 1.